The van der Waals surface area contributed by atoms with Gasteiger partial charge in [-0.3, -0.25) is 9.59 Å². The van der Waals surface area contributed by atoms with E-state index in [1.54, 1.807) is 11.1 Å². The normalized spacial score (nSPS) is 22.8. The van der Waals surface area contributed by atoms with Crippen LogP contribution in [0.5, 0.6) is 0 Å². The van der Waals surface area contributed by atoms with Crippen molar-refractivity contribution in [2.45, 2.75) is 26.0 Å². The summed E-state index contributed by atoms with van der Waals surface area (Å²) in [6.45, 7) is 6.65. The number of nitrogens with one attached hydrogen (secondary N) is 1. The van der Waals surface area contributed by atoms with Crippen molar-refractivity contribution in [3.05, 3.63) is 18.2 Å². The van der Waals surface area contributed by atoms with Crippen molar-refractivity contribution in [2.24, 2.45) is 5.92 Å². The third kappa shape index (κ3) is 5.46. The maximum absolute atomic E-state index is 12.1. The first-order chi connectivity index (χ1) is 13.2. The van der Waals surface area contributed by atoms with Gasteiger partial charge in [-0.1, -0.05) is 0 Å². The minimum atomic E-state index is -0.0733. The number of aromatic nitrogens is 2. The molecule has 0 aliphatic carbocycles. The predicted octanol–water partition coefficient (Wildman–Crippen LogP) is 0.689. The molecular formula is C18H28N4O4S. The highest BCUT2D eigenvalue weighted by atomic mass is 32.2. The molecular weight excluding hydrogens is 368 g/mol. The number of nitrogens with zero attached hydrogens (tertiary/aromatic N) is 3. The van der Waals surface area contributed by atoms with Gasteiger partial charge in [-0.25, -0.2) is 4.98 Å². The molecule has 150 valence electrons. The van der Waals surface area contributed by atoms with E-state index in [1.165, 1.54) is 11.8 Å². The summed E-state index contributed by atoms with van der Waals surface area (Å²) < 4.78 is 13.2. The van der Waals surface area contributed by atoms with E-state index >= 15 is 0 Å². The van der Waals surface area contributed by atoms with Crippen molar-refractivity contribution < 1.29 is 19.1 Å². The number of aryl methyl sites for hydroxylation is 1. The fraction of sp³-hybridized carbons (Fsp3) is 0.722. The molecule has 0 unspecified atom stereocenters. The summed E-state index contributed by atoms with van der Waals surface area (Å²) in [6.07, 6.45) is 4.58. The largest absolute Gasteiger partial charge is 0.378 e. The Morgan fingerprint density at radius 1 is 1.30 bits per heavy atom. The molecule has 27 heavy (non-hydrogen) atoms. The summed E-state index contributed by atoms with van der Waals surface area (Å²) in [5.41, 5.74) is 0. The molecule has 0 bridgehead atoms. The van der Waals surface area contributed by atoms with Crippen molar-refractivity contribution in [1.29, 1.82) is 0 Å². The summed E-state index contributed by atoms with van der Waals surface area (Å²) >= 11 is 1.36. The average molecular weight is 397 g/mol. The summed E-state index contributed by atoms with van der Waals surface area (Å²) in [4.78, 5) is 30.4. The van der Waals surface area contributed by atoms with Crippen LogP contribution in [0.15, 0.2) is 12.4 Å². The van der Waals surface area contributed by atoms with Crippen LogP contribution in [0, 0.1) is 5.92 Å². The number of amides is 2. The molecule has 1 N–H and O–H groups in total. The fourth-order valence-electron chi connectivity index (χ4n) is 3.40. The molecule has 8 nitrogen and oxygen atoms in total. The van der Waals surface area contributed by atoms with Crippen LogP contribution in [0.1, 0.15) is 25.3 Å². The van der Waals surface area contributed by atoms with Gasteiger partial charge in [-0.15, -0.1) is 11.8 Å². The van der Waals surface area contributed by atoms with Crippen molar-refractivity contribution >= 4 is 23.6 Å². The van der Waals surface area contributed by atoms with Gasteiger partial charge in [-0.2, -0.15) is 0 Å². The Hall–Kier alpha value is -1.58. The van der Waals surface area contributed by atoms with Crippen LogP contribution in [-0.2, 0) is 25.6 Å². The molecule has 1 aromatic heterocycles. The van der Waals surface area contributed by atoms with Gasteiger partial charge in [0.1, 0.15) is 11.9 Å². The van der Waals surface area contributed by atoms with Gasteiger partial charge in [0.2, 0.25) is 11.8 Å². The van der Waals surface area contributed by atoms with E-state index in [0.717, 1.165) is 18.8 Å². The fourth-order valence-corrected chi connectivity index (χ4v) is 4.15. The Balaban J connectivity index is 1.37. The zero-order chi connectivity index (χ0) is 19.1. The summed E-state index contributed by atoms with van der Waals surface area (Å²) in [5, 5.41) is 2.99. The van der Waals surface area contributed by atoms with Crippen molar-refractivity contribution in [2.75, 3.05) is 51.0 Å². The smallest absolute Gasteiger partial charge is 0.232 e. The molecule has 3 rings (SSSR count). The van der Waals surface area contributed by atoms with Crippen LogP contribution in [-0.4, -0.2) is 77.2 Å². The zero-order valence-corrected chi connectivity index (χ0v) is 16.6. The van der Waals surface area contributed by atoms with Gasteiger partial charge in [0.25, 0.3) is 0 Å². The first kappa shape index (κ1) is 20.2. The molecule has 0 radical (unpaired) electrons. The Morgan fingerprint density at radius 3 is 2.89 bits per heavy atom. The van der Waals surface area contributed by atoms with Crippen molar-refractivity contribution in [3.8, 4) is 0 Å². The van der Waals surface area contributed by atoms with Crippen molar-refractivity contribution in [3.63, 3.8) is 0 Å². The Bertz CT molecular complexity index is 633. The topological polar surface area (TPSA) is 85.7 Å². The number of hydrogen-bond donors (Lipinski definition) is 1. The Kier molecular flexibility index (Phi) is 7.54. The molecule has 3 heterocycles. The number of carbonyl (C=O) groups excluding carboxylic acids is 2. The highest BCUT2D eigenvalue weighted by Gasteiger charge is 2.32. The number of morpholine rings is 1. The van der Waals surface area contributed by atoms with Gasteiger partial charge >= 0.3 is 0 Å². The van der Waals surface area contributed by atoms with E-state index < -0.39 is 0 Å². The summed E-state index contributed by atoms with van der Waals surface area (Å²) in [6, 6.07) is 0. The molecule has 0 aromatic carbocycles. The van der Waals surface area contributed by atoms with Gasteiger partial charge in [-0.05, 0) is 13.3 Å². The maximum atomic E-state index is 12.1. The van der Waals surface area contributed by atoms with E-state index in [2.05, 4.69) is 21.8 Å². The maximum Gasteiger partial charge on any atom is 0.232 e. The van der Waals surface area contributed by atoms with Crippen molar-refractivity contribution in [1.82, 2.24) is 19.8 Å². The third-order valence-electron chi connectivity index (χ3n) is 4.94. The number of ether oxygens (including phenoxy) is 2. The van der Waals surface area contributed by atoms with Crippen LogP contribution in [0.4, 0.5) is 0 Å². The lowest BCUT2D eigenvalue weighted by Crippen LogP contribution is -2.41. The molecule has 2 fully saturated rings. The minimum Gasteiger partial charge on any atom is -0.378 e. The average Bonchev–Trinajstić information content (AvgIpc) is 3.35. The lowest BCUT2D eigenvalue weighted by atomic mass is 10.0. The lowest BCUT2D eigenvalue weighted by molar-refractivity contribution is -0.132. The molecule has 2 aliphatic heterocycles. The Labute approximate surface area is 164 Å². The first-order valence-electron chi connectivity index (χ1n) is 9.51. The molecule has 2 amide bonds. The number of rotatable bonds is 8. The first-order valence-corrected chi connectivity index (χ1v) is 10.7. The Morgan fingerprint density at radius 2 is 2.11 bits per heavy atom. The highest BCUT2D eigenvalue weighted by molar-refractivity contribution is 8.00. The van der Waals surface area contributed by atoms with Gasteiger partial charge < -0.3 is 24.3 Å². The zero-order valence-electron chi connectivity index (χ0n) is 15.8. The summed E-state index contributed by atoms with van der Waals surface area (Å²) in [7, 11) is 0. The molecule has 2 atom stereocenters. The molecule has 0 spiro atoms. The van der Waals surface area contributed by atoms with Gasteiger partial charge in [0.15, 0.2) is 0 Å². The van der Waals surface area contributed by atoms with Gasteiger partial charge in [0.05, 0.1) is 24.7 Å². The monoisotopic (exact) mass is 396 g/mol. The minimum absolute atomic E-state index is 0.0424. The lowest BCUT2D eigenvalue weighted by Gasteiger charge is -2.26. The van der Waals surface area contributed by atoms with E-state index in [0.29, 0.717) is 45.2 Å². The molecule has 2 aliphatic rings. The predicted molar refractivity (Wildman–Crippen MR) is 102 cm³/mol. The van der Waals surface area contributed by atoms with E-state index in [1.807, 2.05) is 6.20 Å². The van der Waals surface area contributed by atoms with Crippen LogP contribution in [0.25, 0.3) is 0 Å². The molecule has 9 heteroatoms. The van der Waals surface area contributed by atoms with E-state index in [4.69, 9.17) is 9.47 Å². The highest BCUT2D eigenvalue weighted by Crippen LogP contribution is 2.33. The van der Waals surface area contributed by atoms with Crippen LogP contribution < -0.4 is 5.32 Å². The molecule has 0 saturated carbocycles. The second kappa shape index (κ2) is 10.1. The number of hydrogen-bond acceptors (Lipinski definition) is 6. The number of carbonyl (C=O) groups is 2. The second-order valence-electron chi connectivity index (χ2n) is 6.70. The quantitative estimate of drug-likeness (QED) is 0.696. The second-order valence-corrected chi connectivity index (χ2v) is 7.69. The van der Waals surface area contributed by atoms with Crippen LogP contribution in [0.3, 0.4) is 0 Å². The van der Waals surface area contributed by atoms with Crippen LogP contribution >= 0.6 is 11.8 Å². The SMILES string of the molecule is CCn1ccnc1[C@@H]1OCC[C@H]1CNC(=O)CSCC(=O)N1CCOCC1. The number of imidazole rings is 1. The van der Waals surface area contributed by atoms with Crippen LogP contribution in [0.2, 0.25) is 0 Å². The standard InChI is InChI=1S/C18H28N4O4S/c1-2-21-5-4-19-18(21)17-14(3-8-26-17)11-20-15(23)12-27-13-16(24)22-6-9-25-10-7-22/h4-5,14,17H,2-3,6-13H2,1H3,(H,20,23)/t14-,17+/m0/s1. The van der Waals surface area contributed by atoms with E-state index in [-0.39, 0.29) is 29.6 Å². The number of thioether (sulfide) groups is 1. The molecule has 2 saturated heterocycles. The van der Waals surface area contributed by atoms with E-state index in [9.17, 15) is 9.59 Å². The summed E-state index contributed by atoms with van der Waals surface area (Å²) in [5.74, 6) is 1.81. The third-order valence-corrected chi connectivity index (χ3v) is 5.86. The molecule has 1 aromatic rings. The van der Waals surface area contributed by atoms with Gasteiger partial charge in [0, 0.05) is 51.1 Å².